The number of nitrogens with zero attached hydrogens (tertiary/aromatic N) is 1. The summed E-state index contributed by atoms with van der Waals surface area (Å²) >= 11 is 0. The molecule has 0 spiro atoms. The lowest BCUT2D eigenvalue weighted by molar-refractivity contribution is 0.0929. The van der Waals surface area contributed by atoms with Crippen molar-refractivity contribution in [3.05, 3.63) is 108 Å². The summed E-state index contributed by atoms with van der Waals surface area (Å²) in [5, 5.41) is 6.83. The van der Waals surface area contributed by atoms with E-state index in [1.165, 1.54) is 12.1 Å². The van der Waals surface area contributed by atoms with Crippen LogP contribution in [0.4, 0.5) is 4.39 Å². The molecular weight excluding hydrogens is 447 g/mol. The number of carbonyl (C=O) groups excluding carboxylic acids is 1. The first-order valence-corrected chi connectivity index (χ1v) is 10.9. The Morgan fingerprint density at radius 1 is 0.971 bits per heavy atom. The van der Waals surface area contributed by atoms with Gasteiger partial charge < -0.3 is 13.9 Å². The first-order chi connectivity index (χ1) is 17.1. The number of rotatable bonds is 7. The Hall–Kier alpha value is -4.65. The van der Waals surface area contributed by atoms with Gasteiger partial charge in [-0.2, -0.15) is 5.10 Å². The van der Waals surface area contributed by atoms with Crippen LogP contribution in [0.3, 0.4) is 0 Å². The highest BCUT2D eigenvalue weighted by atomic mass is 19.1. The SMILES string of the molecule is COc1cccc2cc(C(=O)N/N=C/c3c(OCc4ccc(F)cc4)ccc4ccccc34)oc12. The van der Waals surface area contributed by atoms with Crippen LogP contribution in [-0.2, 0) is 6.61 Å². The Bertz CT molecular complexity index is 1540. The zero-order valence-corrected chi connectivity index (χ0v) is 18.8. The second kappa shape index (κ2) is 9.69. The third-order valence-electron chi connectivity index (χ3n) is 5.55. The van der Waals surface area contributed by atoms with Crippen molar-refractivity contribution in [2.24, 2.45) is 5.10 Å². The molecule has 5 aromatic rings. The van der Waals surface area contributed by atoms with Gasteiger partial charge in [0.1, 0.15) is 18.2 Å². The van der Waals surface area contributed by atoms with Crippen molar-refractivity contribution in [3.63, 3.8) is 0 Å². The summed E-state index contributed by atoms with van der Waals surface area (Å²) < 4.78 is 30.2. The molecule has 174 valence electrons. The van der Waals surface area contributed by atoms with Crippen molar-refractivity contribution in [1.29, 1.82) is 0 Å². The van der Waals surface area contributed by atoms with Gasteiger partial charge >= 0.3 is 5.91 Å². The largest absolute Gasteiger partial charge is 0.493 e. The van der Waals surface area contributed by atoms with E-state index in [1.807, 2.05) is 48.5 Å². The Labute approximate surface area is 200 Å². The number of carbonyl (C=O) groups is 1. The molecule has 0 unspecified atom stereocenters. The number of halogens is 1. The molecule has 0 saturated heterocycles. The van der Waals surface area contributed by atoms with Crippen molar-refractivity contribution in [3.8, 4) is 11.5 Å². The maximum atomic E-state index is 13.2. The molecule has 0 aliphatic heterocycles. The molecule has 7 heteroatoms. The number of furan rings is 1. The van der Waals surface area contributed by atoms with E-state index in [9.17, 15) is 9.18 Å². The average Bonchev–Trinajstić information content (AvgIpc) is 3.33. The fourth-order valence-corrected chi connectivity index (χ4v) is 3.80. The highest BCUT2D eigenvalue weighted by Crippen LogP contribution is 2.29. The standard InChI is InChI=1S/C28H21FN2O4/c1-33-25-8-4-6-20-15-26(35-27(20)25)28(32)31-30-16-23-22-7-3-2-5-19(22)11-14-24(23)34-17-18-9-12-21(29)13-10-18/h2-16H,17H2,1H3,(H,31,32)/b30-16+. The highest BCUT2D eigenvalue weighted by molar-refractivity contribution is 6.03. The first kappa shape index (κ1) is 22.2. The third kappa shape index (κ3) is 4.70. The lowest BCUT2D eigenvalue weighted by atomic mass is 10.0. The Kier molecular flexibility index (Phi) is 6.13. The Morgan fingerprint density at radius 2 is 1.77 bits per heavy atom. The Morgan fingerprint density at radius 3 is 2.60 bits per heavy atom. The van der Waals surface area contributed by atoms with Crippen molar-refractivity contribution in [1.82, 2.24) is 5.43 Å². The summed E-state index contributed by atoms with van der Waals surface area (Å²) in [4.78, 5) is 12.7. The van der Waals surface area contributed by atoms with Gasteiger partial charge in [-0.1, -0.05) is 54.6 Å². The fraction of sp³-hybridized carbons (Fsp3) is 0.0714. The van der Waals surface area contributed by atoms with Gasteiger partial charge in [0.15, 0.2) is 17.1 Å². The predicted molar refractivity (Wildman–Crippen MR) is 133 cm³/mol. The summed E-state index contributed by atoms with van der Waals surface area (Å²) in [6, 6.07) is 24.8. The molecule has 1 aromatic heterocycles. The molecule has 1 N–H and O–H groups in total. The van der Waals surface area contributed by atoms with Crippen LogP contribution in [-0.4, -0.2) is 19.2 Å². The van der Waals surface area contributed by atoms with E-state index in [4.69, 9.17) is 13.9 Å². The number of hydrazone groups is 1. The number of benzene rings is 4. The fourth-order valence-electron chi connectivity index (χ4n) is 3.80. The summed E-state index contributed by atoms with van der Waals surface area (Å²) in [7, 11) is 1.54. The molecule has 6 nitrogen and oxygen atoms in total. The molecular formula is C28H21FN2O4. The van der Waals surface area contributed by atoms with Crippen molar-refractivity contribution >= 4 is 33.9 Å². The smallest absolute Gasteiger partial charge is 0.307 e. The van der Waals surface area contributed by atoms with Crippen molar-refractivity contribution in [2.75, 3.05) is 7.11 Å². The lowest BCUT2D eigenvalue weighted by Crippen LogP contribution is -2.16. The van der Waals surface area contributed by atoms with Gasteiger partial charge in [-0.3, -0.25) is 4.79 Å². The molecule has 1 amide bonds. The number of hydrogen-bond acceptors (Lipinski definition) is 5. The first-order valence-electron chi connectivity index (χ1n) is 10.9. The molecule has 1 heterocycles. The average molecular weight is 468 g/mol. The molecule has 0 atom stereocenters. The minimum atomic E-state index is -0.492. The number of methoxy groups -OCH3 is 1. The van der Waals surface area contributed by atoms with Crippen LogP contribution in [0.5, 0.6) is 11.5 Å². The molecule has 5 rings (SSSR count). The van der Waals surface area contributed by atoms with Gasteiger partial charge in [0.25, 0.3) is 0 Å². The van der Waals surface area contributed by atoms with Crippen LogP contribution in [0, 0.1) is 5.82 Å². The second-order valence-electron chi connectivity index (χ2n) is 7.80. The van der Waals surface area contributed by atoms with Gasteiger partial charge in [-0.25, -0.2) is 9.82 Å². The quantitative estimate of drug-likeness (QED) is 0.232. The van der Waals surface area contributed by atoms with Gasteiger partial charge in [-0.15, -0.1) is 0 Å². The molecule has 0 saturated carbocycles. The van der Waals surface area contributed by atoms with Crippen LogP contribution in [0.2, 0.25) is 0 Å². The molecule has 0 bridgehead atoms. The van der Waals surface area contributed by atoms with Crippen LogP contribution in [0.15, 0.2) is 94.4 Å². The zero-order valence-electron chi connectivity index (χ0n) is 18.8. The predicted octanol–water partition coefficient (Wildman–Crippen LogP) is 6.08. The van der Waals surface area contributed by atoms with E-state index in [1.54, 1.807) is 37.6 Å². The van der Waals surface area contributed by atoms with Crippen molar-refractivity contribution < 1.29 is 23.1 Å². The molecule has 0 fully saturated rings. The van der Waals surface area contributed by atoms with E-state index in [0.717, 1.165) is 21.7 Å². The number of para-hydroxylation sites is 1. The van der Waals surface area contributed by atoms with Gasteiger partial charge in [0.2, 0.25) is 0 Å². The lowest BCUT2D eigenvalue weighted by Gasteiger charge is -2.12. The maximum Gasteiger partial charge on any atom is 0.307 e. The summed E-state index contributed by atoms with van der Waals surface area (Å²) in [5.74, 6) is 0.454. The van der Waals surface area contributed by atoms with Gasteiger partial charge in [-0.05, 0) is 46.7 Å². The number of fused-ring (bicyclic) bond motifs is 2. The minimum absolute atomic E-state index is 0.118. The molecule has 0 radical (unpaired) electrons. The molecule has 4 aromatic carbocycles. The normalized spacial score (nSPS) is 11.3. The summed E-state index contributed by atoms with van der Waals surface area (Å²) in [6.45, 7) is 0.257. The number of nitrogens with one attached hydrogen (secondary N) is 1. The highest BCUT2D eigenvalue weighted by Gasteiger charge is 2.14. The number of amides is 1. The number of hydrogen-bond donors (Lipinski definition) is 1. The second-order valence-corrected chi connectivity index (χ2v) is 7.80. The van der Waals surface area contributed by atoms with E-state index < -0.39 is 5.91 Å². The summed E-state index contributed by atoms with van der Waals surface area (Å²) in [5.41, 5.74) is 4.55. The van der Waals surface area contributed by atoms with Gasteiger partial charge in [0.05, 0.1) is 13.3 Å². The van der Waals surface area contributed by atoms with Crippen LogP contribution >= 0.6 is 0 Å². The van der Waals surface area contributed by atoms with E-state index in [2.05, 4.69) is 10.5 Å². The van der Waals surface area contributed by atoms with Crippen LogP contribution in [0.25, 0.3) is 21.7 Å². The molecule has 0 aliphatic carbocycles. The van der Waals surface area contributed by atoms with E-state index >= 15 is 0 Å². The molecule has 0 aliphatic rings. The molecule has 35 heavy (non-hydrogen) atoms. The Balaban J connectivity index is 1.39. The van der Waals surface area contributed by atoms with E-state index in [0.29, 0.717) is 22.6 Å². The zero-order chi connectivity index (χ0) is 24.2. The topological polar surface area (TPSA) is 73.1 Å². The van der Waals surface area contributed by atoms with Crippen molar-refractivity contribution in [2.45, 2.75) is 6.61 Å². The maximum absolute atomic E-state index is 13.2. The minimum Gasteiger partial charge on any atom is -0.493 e. The van der Waals surface area contributed by atoms with Crippen LogP contribution < -0.4 is 14.9 Å². The van der Waals surface area contributed by atoms with E-state index in [-0.39, 0.29) is 18.2 Å². The monoisotopic (exact) mass is 468 g/mol. The third-order valence-corrected chi connectivity index (χ3v) is 5.55. The number of ether oxygens (including phenoxy) is 2. The van der Waals surface area contributed by atoms with Gasteiger partial charge in [0, 0.05) is 10.9 Å². The summed E-state index contributed by atoms with van der Waals surface area (Å²) in [6.07, 6.45) is 1.55. The van der Waals surface area contributed by atoms with Crippen LogP contribution in [0.1, 0.15) is 21.7 Å².